The maximum Gasteiger partial charge on any atom is 0.144 e. The van der Waals surface area contributed by atoms with Crippen molar-refractivity contribution in [3.63, 3.8) is 0 Å². The Morgan fingerprint density at radius 3 is 2.50 bits per heavy atom. The first kappa shape index (κ1) is 11.2. The first-order valence-corrected chi connectivity index (χ1v) is 6.72. The highest BCUT2D eigenvalue weighted by atomic mass is 32.1. The summed E-state index contributed by atoms with van der Waals surface area (Å²) in [6, 6.07) is 18.2. The first-order valence-electron chi connectivity index (χ1n) is 5.98. The SMILES string of the molecule is O=S=C(c1ccccc1)N1CCc2ccccc21. The van der Waals surface area contributed by atoms with E-state index in [9.17, 15) is 4.21 Å². The van der Waals surface area contributed by atoms with Crippen LogP contribution in [-0.4, -0.2) is 15.7 Å². The fourth-order valence-corrected chi connectivity index (χ4v) is 2.89. The summed E-state index contributed by atoms with van der Waals surface area (Å²) in [6.45, 7) is 0.888. The zero-order chi connectivity index (χ0) is 12.4. The van der Waals surface area contributed by atoms with Gasteiger partial charge in [-0.2, -0.15) is 0 Å². The molecule has 0 atom stereocenters. The third-order valence-corrected chi connectivity index (χ3v) is 3.85. The summed E-state index contributed by atoms with van der Waals surface area (Å²) in [7, 11) is 0. The molecule has 0 spiro atoms. The van der Waals surface area contributed by atoms with Gasteiger partial charge in [0.15, 0.2) is 0 Å². The number of anilines is 1. The number of hydrogen-bond donors (Lipinski definition) is 0. The number of rotatable bonds is 1. The number of fused-ring (bicyclic) bond motifs is 1. The van der Waals surface area contributed by atoms with Crippen LogP contribution in [0.15, 0.2) is 54.6 Å². The van der Waals surface area contributed by atoms with Crippen molar-refractivity contribution < 1.29 is 4.21 Å². The molecule has 0 unspecified atom stereocenters. The lowest BCUT2D eigenvalue weighted by Gasteiger charge is -2.19. The van der Waals surface area contributed by atoms with Gasteiger partial charge in [-0.1, -0.05) is 48.5 Å². The van der Waals surface area contributed by atoms with Gasteiger partial charge in [-0.3, -0.25) is 0 Å². The zero-order valence-electron chi connectivity index (χ0n) is 9.87. The van der Waals surface area contributed by atoms with Crippen molar-refractivity contribution in [2.24, 2.45) is 0 Å². The van der Waals surface area contributed by atoms with E-state index in [1.807, 2.05) is 36.4 Å². The maximum atomic E-state index is 11.5. The van der Waals surface area contributed by atoms with E-state index in [0.29, 0.717) is 11.3 Å². The molecule has 0 N–H and O–H groups in total. The molecule has 1 aliphatic heterocycles. The van der Waals surface area contributed by atoms with Crippen molar-refractivity contribution in [1.29, 1.82) is 0 Å². The molecule has 2 aromatic rings. The Morgan fingerprint density at radius 2 is 1.72 bits per heavy atom. The molecule has 0 aromatic heterocycles. The molecule has 0 saturated carbocycles. The minimum absolute atomic E-state index is 0.576. The van der Waals surface area contributed by atoms with Gasteiger partial charge in [-0.25, -0.2) is 4.21 Å². The second-order valence-electron chi connectivity index (χ2n) is 4.28. The lowest BCUT2D eigenvalue weighted by atomic mass is 10.1. The molecule has 0 aliphatic carbocycles. The Balaban J connectivity index is 2.04. The van der Waals surface area contributed by atoms with E-state index in [4.69, 9.17) is 0 Å². The van der Waals surface area contributed by atoms with Crippen molar-refractivity contribution in [1.82, 2.24) is 0 Å². The van der Waals surface area contributed by atoms with E-state index in [2.05, 4.69) is 23.1 Å². The highest BCUT2D eigenvalue weighted by Gasteiger charge is 2.23. The van der Waals surface area contributed by atoms with Crippen LogP contribution in [0.2, 0.25) is 0 Å². The monoisotopic (exact) mass is 255 g/mol. The van der Waals surface area contributed by atoms with E-state index in [-0.39, 0.29) is 0 Å². The fourth-order valence-electron chi connectivity index (χ4n) is 2.38. The molecule has 0 bridgehead atoms. The highest BCUT2D eigenvalue weighted by Crippen LogP contribution is 2.28. The summed E-state index contributed by atoms with van der Waals surface area (Å²) in [5, 5.41) is 0. The lowest BCUT2D eigenvalue weighted by molar-refractivity contribution is 0.700. The van der Waals surface area contributed by atoms with Crippen molar-refractivity contribution in [2.75, 3.05) is 11.4 Å². The average Bonchev–Trinajstić information content (AvgIpc) is 2.85. The van der Waals surface area contributed by atoms with Crippen LogP contribution in [-0.2, 0) is 17.7 Å². The fraction of sp³-hybridized carbons (Fsp3) is 0.133. The van der Waals surface area contributed by atoms with Crippen LogP contribution in [0.4, 0.5) is 5.69 Å². The van der Waals surface area contributed by atoms with Gasteiger partial charge in [0.1, 0.15) is 16.2 Å². The molecule has 90 valence electrons. The third kappa shape index (κ3) is 1.87. The predicted octanol–water partition coefficient (Wildman–Crippen LogP) is 2.44. The number of hydrogen-bond acceptors (Lipinski definition) is 1. The number of benzene rings is 2. The summed E-state index contributed by atoms with van der Waals surface area (Å²) in [5.41, 5.74) is 3.48. The molecule has 3 rings (SSSR count). The predicted molar refractivity (Wildman–Crippen MR) is 76.2 cm³/mol. The van der Waals surface area contributed by atoms with Gasteiger partial charge in [0.05, 0.1) is 0 Å². The summed E-state index contributed by atoms with van der Waals surface area (Å²) < 4.78 is 11.5. The molecule has 2 nitrogen and oxygen atoms in total. The topological polar surface area (TPSA) is 20.3 Å². The molecule has 0 fully saturated rings. The Kier molecular flexibility index (Phi) is 2.99. The van der Waals surface area contributed by atoms with Gasteiger partial charge in [0.25, 0.3) is 0 Å². The van der Waals surface area contributed by atoms with Crippen molar-refractivity contribution >= 4 is 21.9 Å². The smallest absolute Gasteiger partial charge is 0.144 e. The molecule has 2 aromatic carbocycles. The zero-order valence-corrected chi connectivity index (χ0v) is 10.7. The molecule has 0 saturated heterocycles. The molecule has 3 heteroatoms. The quantitative estimate of drug-likeness (QED) is 0.729. The van der Waals surface area contributed by atoms with Gasteiger partial charge in [-0.15, -0.1) is 0 Å². The van der Waals surface area contributed by atoms with E-state index >= 15 is 0 Å². The van der Waals surface area contributed by atoms with Crippen LogP contribution in [0, 0.1) is 0 Å². The van der Waals surface area contributed by atoms with Crippen LogP contribution in [0.25, 0.3) is 0 Å². The summed E-state index contributed by atoms with van der Waals surface area (Å²) in [5.74, 6) is 0. The summed E-state index contributed by atoms with van der Waals surface area (Å²) in [6.07, 6.45) is 1.01. The van der Waals surface area contributed by atoms with Crippen molar-refractivity contribution in [2.45, 2.75) is 6.42 Å². The number of para-hydroxylation sites is 1. The minimum atomic E-state index is 0.576. The van der Waals surface area contributed by atoms with Gasteiger partial charge >= 0.3 is 0 Å². The van der Waals surface area contributed by atoms with Gasteiger partial charge in [-0.05, 0) is 18.1 Å². The lowest BCUT2D eigenvalue weighted by Crippen LogP contribution is -2.29. The first-order chi connectivity index (χ1) is 8.90. The third-order valence-electron chi connectivity index (χ3n) is 3.23. The Bertz CT molecular complexity index is 617. The number of nitrogens with zero attached hydrogens (tertiary/aromatic N) is 1. The van der Waals surface area contributed by atoms with Crippen LogP contribution in [0.5, 0.6) is 0 Å². The molecule has 0 radical (unpaired) electrons. The van der Waals surface area contributed by atoms with Gasteiger partial charge < -0.3 is 4.90 Å². The largest absolute Gasteiger partial charge is 0.330 e. The van der Waals surface area contributed by atoms with Gasteiger partial charge in [0.2, 0.25) is 0 Å². The van der Waals surface area contributed by atoms with Crippen LogP contribution >= 0.6 is 0 Å². The van der Waals surface area contributed by atoms with Crippen molar-refractivity contribution in [3.8, 4) is 0 Å². The van der Waals surface area contributed by atoms with Crippen LogP contribution in [0.3, 0.4) is 0 Å². The molecule has 0 amide bonds. The molecule has 18 heavy (non-hydrogen) atoms. The second kappa shape index (κ2) is 4.78. The van der Waals surface area contributed by atoms with E-state index < -0.39 is 0 Å². The van der Waals surface area contributed by atoms with Crippen molar-refractivity contribution in [3.05, 3.63) is 65.7 Å². The summed E-state index contributed by atoms with van der Waals surface area (Å²) in [4.78, 5) is 2.92. The standard InChI is InChI=1S/C15H13NOS/c17-18-15(13-7-2-1-3-8-13)16-11-10-12-6-4-5-9-14(12)16/h1-9H,10-11H2. The molecule has 1 aliphatic rings. The van der Waals surface area contributed by atoms with E-state index in [1.165, 1.54) is 11.3 Å². The Morgan fingerprint density at radius 1 is 1.00 bits per heavy atom. The Hall–Kier alpha value is -1.87. The highest BCUT2D eigenvalue weighted by molar-refractivity contribution is 7.67. The minimum Gasteiger partial charge on any atom is -0.330 e. The van der Waals surface area contributed by atoms with Gasteiger partial charge in [0, 0.05) is 17.8 Å². The van der Waals surface area contributed by atoms with Crippen LogP contribution < -0.4 is 4.90 Å². The average molecular weight is 255 g/mol. The summed E-state index contributed by atoms with van der Waals surface area (Å²) >= 11 is 0.576. The maximum absolute atomic E-state index is 11.5. The Labute approximate surface area is 110 Å². The van der Waals surface area contributed by atoms with E-state index in [0.717, 1.165) is 23.5 Å². The molecular weight excluding hydrogens is 242 g/mol. The van der Waals surface area contributed by atoms with E-state index in [1.54, 1.807) is 0 Å². The molecular formula is C15H13NOS. The second-order valence-corrected chi connectivity index (χ2v) is 4.84. The molecule has 1 heterocycles. The van der Waals surface area contributed by atoms with Crippen LogP contribution in [0.1, 0.15) is 11.1 Å². The normalized spacial score (nSPS) is 13.2.